The van der Waals surface area contributed by atoms with Crippen molar-refractivity contribution in [1.82, 2.24) is 0 Å². The molecule has 0 heterocycles. The molecule has 1 aromatic carbocycles. The van der Waals surface area contributed by atoms with Gasteiger partial charge in [-0.05, 0) is 52.0 Å². The number of ether oxygens (including phenoxy) is 1. The van der Waals surface area contributed by atoms with Crippen molar-refractivity contribution in [2.24, 2.45) is 5.10 Å². The van der Waals surface area contributed by atoms with E-state index in [0.717, 1.165) is 0 Å². The standard InChI is InChI=1S/C14H23N3O6P/c1-10(2)22-24(20,23-11(3)4)14(21-5)16-15-12-6-8-13(9-7-12)17(18)19/h6-11,15,18H,1-5H3/q-1/b16-14+. The topological polar surface area (TPSA) is 116 Å². The van der Waals surface area contributed by atoms with Crippen molar-refractivity contribution >= 4 is 24.6 Å². The molecule has 24 heavy (non-hydrogen) atoms. The van der Waals surface area contributed by atoms with Gasteiger partial charge >= 0.3 is 13.2 Å². The lowest BCUT2D eigenvalue weighted by Gasteiger charge is -2.23. The molecule has 0 aromatic heterocycles. The Labute approximate surface area is 141 Å². The third-order valence-corrected chi connectivity index (χ3v) is 4.63. The van der Waals surface area contributed by atoms with E-state index in [-0.39, 0.29) is 28.8 Å². The maximum Gasteiger partial charge on any atom is 0.417 e. The van der Waals surface area contributed by atoms with Crippen LogP contribution in [0, 0.1) is 5.21 Å². The molecule has 0 atom stereocenters. The maximum absolute atomic E-state index is 12.9. The summed E-state index contributed by atoms with van der Waals surface area (Å²) in [6.07, 6.45) is -0.719. The van der Waals surface area contributed by atoms with Crippen LogP contribution in [0.15, 0.2) is 29.4 Å². The van der Waals surface area contributed by atoms with Gasteiger partial charge in [-0.25, -0.2) is 4.57 Å². The molecule has 0 aliphatic rings. The minimum Gasteiger partial charge on any atom is -0.733 e. The fraction of sp³-hybridized carbons (Fsp3) is 0.500. The predicted molar refractivity (Wildman–Crippen MR) is 92.2 cm³/mol. The van der Waals surface area contributed by atoms with E-state index in [2.05, 4.69) is 10.5 Å². The number of methoxy groups -OCH3 is 1. The number of benzene rings is 1. The Morgan fingerprint density at radius 2 is 1.71 bits per heavy atom. The Balaban J connectivity index is 2.98. The Kier molecular flexibility index (Phi) is 7.65. The first-order chi connectivity index (χ1) is 11.2. The minimum atomic E-state index is -3.74. The summed E-state index contributed by atoms with van der Waals surface area (Å²) in [6, 6.07) is 5.77. The highest BCUT2D eigenvalue weighted by Gasteiger charge is 2.36. The van der Waals surface area contributed by atoms with Crippen LogP contribution in [0.5, 0.6) is 0 Å². The first-order valence-corrected chi connectivity index (χ1v) is 8.83. The second-order valence-corrected chi connectivity index (χ2v) is 7.14. The van der Waals surface area contributed by atoms with Crippen LogP contribution in [0.3, 0.4) is 0 Å². The van der Waals surface area contributed by atoms with Gasteiger partial charge in [0.05, 0.1) is 30.7 Å². The Hall–Kier alpha value is -1.64. The molecule has 1 aromatic rings. The zero-order valence-corrected chi connectivity index (χ0v) is 15.2. The van der Waals surface area contributed by atoms with Gasteiger partial charge in [-0.3, -0.25) is 19.7 Å². The van der Waals surface area contributed by atoms with Gasteiger partial charge in [0.1, 0.15) is 0 Å². The highest BCUT2D eigenvalue weighted by Crippen LogP contribution is 2.52. The van der Waals surface area contributed by atoms with E-state index < -0.39 is 7.60 Å². The van der Waals surface area contributed by atoms with Gasteiger partial charge in [0, 0.05) is 0 Å². The number of rotatable bonds is 8. The van der Waals surface area contributed by atoms with Crippen molar-refractivity contribution in [3.05, 3.63) is 29.5 Å². The van der Waals surface area contributed by atoms with Crippen LogP contribution in [0.2, 0.25) is 0 Å². The molecule has 1 rings (SSSR count). The van der Waals surface area contributed by atoms with Gasteiger partial charge < -0.3 is 15.2 Å². The molecule has 0 saturated heterocycles. The van der Waals surface area contributed by atoms with E-state index in [1.807, 2.05) is 0 Å². The molecule has 0 aliphatic carbocycles. The summed E-state index contributed by atoms with van der Waals surface area (Å²) in [5.41, 5.74) is 2.97. The molecular weight excluding hydrogens is 337 g/mol. The van der Waals surface area contributed by atoms with Crippen molar-refractivity contribution in [2.45, 2.75) is 39.9 Å². The van der Waals surface area contributed by atoms with E-state index in [4.69, 9.17) is 19.0 Å². The highest BCUT2D eigenvalue weighted by atomic mass is 31.2. The van der Waals surface area contributed by atoms with Crippen molar-refractivity contribution in [3.8, 4) is 0 Å². The summed E-state index contributed by atoms with van der Waals surface area (Å²) in [7, 11) is -2.43. The normalized spacial score (nSPS) is 12.6. The number of hydrazone groups is 1. The highest BCUT2D eigenvalue weighted by molar-refractivity contribution is 7.71. The first kappa shape index (κ1) is 20.4. The number of hydrogen-bond donors (Lipinski definition) is 2. The van der Waals surface area contributed by atoms with E-state index in [1.165, 1.54) is 31.4 Å². The summed E-state index contributed by atoms with van der Waals surface area (Å²) in [4.78, 5) is 0. The van der Waals surface area contributed by atoms with Crippen LogP contribution >= 0.6 is 7.60 Å². The van der Waals surface area contributed by atoms with Gasteiger partial charge in [0.2, 0.25) is 0 Å². The number of anilines is 2. The number of nitrogens with zero attached hydrogens (tertiary/aromatic N) is 2. The fourth-order valence-corrected chi connectivity index (χ4v) is 3.40. The van der Waals surface area contributed by atoms with Crippen LogP contribution in [0.4, 0.5) is 11.4 Å². The number of hydrogen-bond acceptors (Lipinski definition) is 9. The largest absolute Gasteiger partial charge is 0.733 e. The molecule has 0 spiro atoms. The molecule has 0 saturated carbocycles. The first-order valence-electron chi connectivity index (χ1n) is 7.29. The van der Waals surface area contributed by atoms with E-state index >= 15 is 0 Å². The van der Waals surface area contributed by atoms with Gasteiger partial charge in [-0.1, -0.05) is 0 Å². The van der Waals surface area contributed by atoms with Crippen LogP contribution < -0.4 is 10.7 Å². The molecule has 0 aliphatic heterocycles. The second-order valence-electron chi connectivity index (χ2n) is 5.34. The third kappa shape index (κ3) is 6.10. The Morgan fingerprint density at radius 1 is 1.21 bits per heavy atom. The lowest BCUT2D eigenvalue weighted by atomic mass is 10.3. The molecular formula is C14H23N3O6P-. The summed E-state index contributed by atoms with van der Waals surface area (Å²) < 4.78 is 28.8. The maximum atomic E-state index is 12.9. The molecule has 9 nitrogen and oxygen atoms in total. The zero-order valence-electron chi connectivity index (χ0n) is 14.3. The lowest BCUT2D eigenvalue weighted by Crippen LogP contribution is -2.16. The minimum absolute atomic E-state index is 0.0634. The monoisotopic (exact) mass is 360 g/mol. The summed E-state index contributed by atoms with van der Waals surface area (Å²) in [5, 5.41) is 23.2. The Bertz CT molecular complexity index is 575. The molecule has 2 N–H and O–H groups in total. The van der Waals surface area contributed by atoms with E-state index in [9.17, 15) is 9.77 Å². The number of nitrogens with one attached hydrogen (secondary N) is 1. The molecule has 136 valence electrons. The summed E-state index contributed by atoms with van der Waals surface area (Å²) >= 11 is 0. The van der Waals surface area contributed by atoms with Crippen molar-refractivity contribution in [2.75, 3.05) is 17.8 Å². The molecule has 0 amide bonds. The van der Waals surface area contributed by atoms with Crippen LogP contribution in [-0.4, -0.2) is 30.2 Å². The molecule has 0 fully saturated rings. The zero-order chi connectivity index (χ0) is 18.3. The molecule has 0 radical (unpaired) electrons. The SMILES string of the molecule is CO/C(=N\Nc1ccc(N([O-])O)cc1)P(=O)(OC(C)C)OC(C)C. The quantitative estimate of drug-likeness (QED) is 0.312. The average molecular weight is 360 g/mol. The van der Waals surface area contributed by atoms with Crippen LogP contribution in [0.25, 0.3) is 0 Å². The predicted octanol–water partition coefficient (Wildman–Crippen LogP) is 3.75. The van der Waals surface area contributed by atoms with Gasteiger partial charge in [-0.2, -0.15) is 0 Å². The molecule has 0 bridgehead atoms. The van der Waals surface area contributed by atoms with Gasteiger partial charge in [0.15, 0.2) is 0 Å². The average Bonchev–Trinajstić information content (AvgIpc) is 2.46. The van der Waals surface area contributed by atoms with Crippen molar-refractivity contribution in [3.63, 3.8) is 0 Å². The van der Waals surface area contributed by atoms with Gasteiger partial charge in [-0.15, -0.1) is 5.10 Å². The second kappa shape index (κ2) is 9.00. The summed E-state index contributed by atoms with van der Waals surface area (Å²) in [5.74, 6) is 0. The van der Waals surface area contributed by atoms with Crippen LogP contribution in [0.1, 0.15) is 27.7 Å². The Morgan fingerprint density at radius 3 is 2.08 bits per heavy atom. The van der Waals surface area contributed by atoms with Crippen LogP contribution in [-0.2, 0) is 18.3 Å². The van der Waals surface area contributed by atoms with Crippen molar-refractivity contribution < 1.29 is 23.6 Å². The molecule has 10 heteroatoms. The molecule has 0 unspecified atom stereocenters. The van der Waals surface area contributed by atoms with E-state index in [0.29, 0.717) is 5.69 Å². The van der Waals surface area contributed by atoms with Crippen molar-refractivity contribution in [1.29, 1.82) is 0 Å². The van der Waals surface area contributed by atoms with E-state index in [1.54, 1.807) is 27.7 Å². The van der Waals surface area contributed by atoms with Gasteiger partial charge in [0.25, 0.3) is 0 Å². The summed E-state index contributed by atoms with van der Waals surface area (Å²) in [6.45, 7) is 6.89. The lowest BCUT2D eigenvalue weighted by molar-refractivity contribution is 0.147. The third-order valence-electron chi connectivity index (χ3n) is 2.48. The smallest absolute Gasteiger partial charge is 0.417 e. The fourth-order valence-electron chi connectivity index (χ4n) is 1.66.